The Labute approximate surface area is 92.3 Å². The van der Waals surface area contributed by atoms with Crippen molar-refractivity contribution in [2.45, 2.75) is 11.2 Å². The zero-order chi connectivity index (χ0) is 11.6. The van der Waals surface area contributed by atoms with Crippen molar-refractivity contribution >= 4 is 28.5 Å². The van der Waals surface area contributed by atoms with Crippen LogP contribution in [0, 0.1) is 5.41 Å². The minimum Gasteiger partial charge on any atom is -0.378 e. The summed E-state index contributed by atoms with van der Waals surface area (Å²) in [6.45, 7) is 0. The third kappa shape index (κ3) is 3.28. The molecule has 0 saturated carbocycles. The van der Waals surface area contributed by atoms with Gasteiger partial charge in [-0.2, -0.15) is 13.2 Å². The molecule has 1 aromatic rings. The fourth-order valence-electron chi connectivity index (χ4n) is 0.760. The van der Waals surface area contributed by atoms with Gasteiger partial charge in [0, 0.05) is 6.20 Å². The fourth-order valence-corrected chi connectivity index (χ4v) is 1.51. The molecule has 0 aliphatic rings. The van der Waals surface area contributed by atoms with Gasteiger partial charge < -0.3 is 5.73 Å². The molecular formula is C7H5ClF3N3S. The molecule has 0 unspecified atom stereocenters. The van der Waals surface area contributed by atoms with Crippen LogP contribution in [0.4, 0.5) is 13.2 Å². The Morgan fingerprint density at radius 2 is 2.13 bits per heavy atom. The highest BCUT2D eigenvalue weighted by Gasteiger charge is 2.31. The summed E-state index contributed by atoms with van der Waals surface area (Å²) in [5, 5.41) is 6.54. The largest absolute Gasteiger partial charge is 0.417 e. The maximum Gasteiger partial charge on any atom is 0.417 e. The number of nitrogens with two attached hydrogens (primary N) is 1. The first-order valence-electron chi connectivity index (χ1n) is 3.55. The molecule has 3 N–H and O–H groups in total. The normalized spacial score (nSPS) is 11.5. The number of thioether (sulfide) groups is 1. The first-order valence-corrected chi connectivity index (χ1v) is 4.75. The van der Waals surface area contributed by atoms with Crippen molar-refractivity contribution in [1.29, 1.82) is 5.41 Å². The molecule has 1 rings (SSSR count). The highest BCUT2D eigenvalue weighted by Crippen LogP contribution is 2.33. The molecule has 0 bridgehead atoms. The number of halogens is 4. The summed E-state index contributed by atoms with van der Waals surface area (Å²) in [4.78, 5) is 3.48. The zero-order valence-electron chi connectivity index (χ0n) is 7.10. The Bertz CT molecular complexity index is 394. The SMILES string of the molecule is N=C(N)Sc1ncc(C(F)(F)F)cc1Cl. The average Bonchev–Trinajstić information content (AvgIpc) is 2.05. The number of hydrogen-bond donors (Lipinski definition) is 2. The summed E-state index contributed by atoms with van der Waals surface area (Å²) < 4.78 is 36.6. The Morgan fingerprint density at radius 1 is 1.53 bits per heavy atom. The van der Waals surface area contributed by atoms with Gasteiger partial charge in [0.25, 0.3) is 0 Å². The van der Waals surface area contributed by atoms with Gasteiger partial charge in [-0.15, -0.1) is 0 Å². The van der Waals surface area contributed by atoms with Crippen molar-refractivity contribution in [3.8, 4) is 0 Å². The number of pyridine rings is 1. The molecule has 1 heterocycles. The van der Waals surface area contributed by atoms with Crippen LogP contribution >= 0.6 is 23.4 Å². The van der Waals surface area contributed by atoms with Gasteiger partial charge in [0.1, 0.15) is 5.03 Å². The standard InChI is InChI=1S/C7H5ClF3N3S/c8-4-1-3(7(9,10)11)2-14-5(4)15-6(12)13/h1-2H,(H3,12,13). The van der Waals surface area contributed by atoms with Gasteiger partial charge >= 0.3 is 6.18 Å². The number of nitrogens with zero attached hydrogens (tertiary/aromatic N) is 1. The van der Waals surface area contributed by atoms with E-state index in [9.17, 15) is 13.2 Å². The quantitative estimate of drug-likeness (QED) is 0.461. The third-order valence-corrected chi connectivity index (χ3v) is 2.48. The minimum atomic E-state index is -4.48. The second-order valence-corrected chi connectivity index (χ2v) is 3.91. The lowest BCUT2D eigenvalue weighted by molar-refractivity contribution is -0.137. The average molecular weight is 256 g/mol. The number of aromatic nitrogens is 1. The molecule has 1 aromatic heterocycles. The van der Waals surface area contributed by atoms with Gasteiger partial charge in [0.15, 0.2) is 5.17 Å². The van der Waals surface area contributed by atoms with Gasteiger partial charge in [0.2, 0.25) is 0 Å². The molecule has 0 spiro atoms. The molecule has 0 saturated heterocycles. The van der Waals surface area contributed by atoms with E-state index in [-0.39, 0.29) is 15.2 Å². The maximum atomic E-state index is 12.2. The molecule has 0 aliphatic heterocycles. The lowest BCUT2D eigenvalue weighted by Crippen LogP contribution is -2.07. The molecule has 3 nitrogen and oxygen atoms in total. The summed E-state index contributed by atoms with van der Waals surface area (Å²) in [6, 6.07) is 0.750. The predicted octanol–water partition coefficient (Wildman–Crippen LogP) is 2.74. The molecule has 82 valence electrons. The van der Waals surface area contributed by atoms with Gasteiger partial charge in [0.05, 0.1) is 10.6 Å². The van der Waals surface area contributed by atoms with E-state index in [0.717, 1.165) is 6.07 Å². The molecular weight excluding hydrogens is 251 g/mol. The number of alkyl halides is 3. The van der Waals surface area contributed by atoms with Crippen LogP contribution < -0.4 is 5.73 Å². The van der Waals surface area contributed by atoms with Crippen LogP contribution in [-0.2, 0) is 6.18 Å². The Hall–Kier alpha value is -0.950. The smallest absolute Gasteiger partial charge is 0.378 e. The van der Waals surface area contributed by atoms with Crippen molar-refractivity contribution < 1.29 is 13.2 Å². The third-order valence-electron chi connectivity index (χ3n) is 1.34. The van der Waals surface area contributed by atoms with Crippen LogP contribution in [0.15, 0.2) is 17.3 Å². The highest BCUT2D eigenvalue weighted by atomic mass is 35.5. The van der Waals surface area contributed by atoms with Crippen molar-refractivity contribution in [2.24, 2.45) is 5.73 Å². The second-order valence-electron chi connectivity index (χ2n) is 2.48. The molecule has 0 radical (unpaired) electrons. The molecule has 15 heavy (non-hydrogen) atoms. The summed E-state index contributed by atoms with van der Waals surface area (Å²) >= 11 is 6.24. The van der Waals surface area contributed by atoms with Crippen LogP contribution in [0.5, 0.6) is 0 Å². The predicted molar refractivity (Wildman–Crippen MR) is 52.0 cm³/mol. The Morgan fingerprint density at radius 3 is 2.53 bits per heavy atom. The van der Waals surface area contributed by atoms with Gasteiger partial charge in [-0.1, -0.05) is 11.6 Å². The molecule has 0 aromatic carbocycles. The van der Waals surface area contributed by atoms with E-state index < -0.39 is 11.7 Å². The van der Waals surface area contributed by atoms with Crippen LogP contribution in [0.25, 0.3) is 0 Å². The number of amidine groups is 1. The molecule has 0 aliphatic carbocycles. The van der Waals surface area contributed by atoms with Crippen LogP contribution in [0.3, 0.4) is 0 Å². The van der Waals surface area contributed by atoms with Crippen LogP contribution in [0.2, 0.25) is 5.02 Å². The topological polar surface area (TPSA) is 62.8 Å². The Kier molecular flexibility index (Phi) is 3.46. The number of rotatable bonds is 1. The van der Waals surface area contributed by atoms with Gasteiger partial charge in [-0.25, -0.2) is 4.98 Å². The van der Waals surface area contributed by atoms with E-state index in [0.29, 0.717) is 18.0 Å². The van der Waals surface area contributed by atoms with E-state index in [2.05, 4.69) is 4.98 Å². The van der Waals surface area contributed by atoms with E-state index in [4.69, 9.17) is 22.7 Å². The molecule has 0 amide bonds. The molecule has 0 fully saturated rings. The van der Waals surface area contributed by atoms with E-state index in [1.54, 1.807) is 0 Å². The van der Waals surface area contributed by atoms with E-state index in [1.807, 2.05) is 0 Å². The molecule has 0 atom stereocenters. The summed E-state index contributed by atoms with van der Waals surface area (Å²) in [5.74, 6) is 0. The van der Waals surface area contributed by atoms with Gasteiger partial charge in [-0.3, -0.25) is 5.41 Å². The summed E-state index contributed by atoms with van der Waals surface area (Å²) in [7, 11) is 0. The van der Waals surface area contributed by atoms with E-state index >= 15 is 0 Å². The van der Waals surface area contributed by atoms with Gasteiger partial charge in [-0.05, 0) is 17.8 Å². The fraction of sp³-hybridized carbons (Fsp3) is 0.143. The second kappa shape index (κ2) is 4.28. The summed E-state index contributed by atoms with van der Waals surface area (Å²) in [6.07, 6.45) is -3.83. The Balaban J connectivity index is 3.03. The number of hydrogen-bond acceptors (Lipinski definition) is 3. The maximum absolute atomic E-state index is 12.2. The van der Waals surface area contributed by atoms with Crippen molar-refractivity contribution in [3.05, 3.63) is 22.8 Å². The highest BCUT2D eigenvalue weighted by molar-refractivity contribution is 8.13. The van der Waals surface area contributed by atoms with Crippen molar-refractivity contribution in [3.63, 3.8) is 0 Å². The van der Waals surface area contributed by atoms with Crippen molar-refractivity contribution in [2.75, 3.05) is 0 Å². The van der Waals surface area contributed by atoms with Crippen LogP contribution in [0.1, 0.15) is 5.56 Å². The van der Waals surface area contributed by atoms with Crippen LogP contribution in [-0.4, -0.2) is 10.2 Å². The van der Waals surface area contributed by atoms with Crippen molar-refractivity contribution in [1.82, 2.24) is 4.98 Å². The lowest BCUT2D eigenvalue weighted by Gasteiger charge is -2.07. The minimum absolute atomic E-state index is 0.0807. The first-order chi connectivity index (χ1) is 6.80. The molecule has 8 heteroatoms. The summed E-state index contributed by atoms with van der Waals surface area (Å²) in [5.41, 5.74) is 4.11. The monoisotopic (exact) mass is 255 g/mol. The first kappa shape index (κ1) is 12.1. The zero-order valence-corrected chi connectivity index (χ0v) is 8.67. The number of nitrogens with one attached hydrogen (secondary N) is 1. The lowest BCUT2D eigenvalue weighted by atomic mass is 10.3. The van der Waals surface area contributed by atoms with E-state index in [1.165, 1.54) is 0 Å².